The second-order valence-corrected chi connectivity index (χ2v) is 7.47. The Hall–Kier alpha value is -1.72. The van der Waals surface area contributed by atoms with E-state index in [1.807, 2.05) is 24.0 Å². The van der Waals surface area contributed by atoms with E-state index in [0.717, 1.165) is 30.8 Å². The first-order valence-electron chi connectivity index (χ1n) is 9.51. The van der Waals surface area contributed by atoms with Gasteiger partial charge in [0, 0.05) is 61.4 Å². The lowest BCUT2D eigenvalue weighted by Gasteiger charge is -2.54. The number of pyridine rings is 1. The molecule has 0 aliphatic heterocycles. The van der Waals surface area contributed by atoms with E-state index in [1.54, 1.807) is 6.20 Å². The molecule has 2 aromatic rings. The molecule has 2 atom stereocenters. The van der Waals surface area contributed by atoms with Crippen molar-refractivity contribution in [2.75, 3.05) is 6.61 Å². The Morgan fingerprint density at radius 2 is 2.20 bits per heavy atom. The van der Waals surface area contributed by atoms with E-state index < -0.39 is 0 Å². The van der Waals surface area contributed by atoms with Crippen molar-refractivity contribution in [1.29, 1.82) is 0 Å². The zero-order chi connectivity index (χ0) is 17.3. The molecule has 1 spiro atoms. The van der Waals surface area contributed by atoms with E-state index in [2.05, 4.69) is 34.6 Å². The van der Waals surface area contributed by atoms with Crippen molar-refractivity contribution in [2.45, 2.75) is 57.7 Å². The first-order chi connectivity index (χ1) is 12.2. The van der Waals surface area contributed by atoms with Crippen LogP contribution in [0, 0.1) is 5.41 Å². The molecule has 4 rings (SSSR count). The summed E-state index contributed by atoms with van der Waals surface area (Å²) in [6, 6.07) is 4.60. The summed E-state index contributed by atoms with van der Waals surface area (Å²) in [5.74, 6) is 0. The minimum atomic E-state index is 0.368. The van der Waals surface area contributed by atoms with Crippen molar-refractivity contribution in [1.82, 2.24) is 20.1 Å². The van der Waals surface area contributed by atoms with Crippen molar-refractivity contribution >= 4 is 0 Å². The third-order valence-corrected chi connectivity index (χ3v) is 6.07. The van der Waals surface area contributed by atoms with Gasteiger partial charge in [0.25, 0.3) is 0 Å². The third-order valence-electron chi connectivity index (χ3n) is 6.07. The average molecular weight is 340 g/mol. The molecule has 5 nitrogen and oxygen atoms in total. The van der Waals surface area contributed by atoms with Crippen LogP contribution >= 0.6 is 0 Å². The van der Waals surface area contributed by atoms with E-state index in [9.17, 15) is 0 Å². The summed E-state index contributed by atoms with van der Waals surface area (Å²) >= 11 is 0. The minimum absolute atomic E-state index is 0.368. The molecule has 2 aliphatic rings. The van der Waals surface area contributed by atoms with E-state index in [0.29, 0.717) is 17.6 Å². The SMILES string of the molecule is CCO[C@H]1C[C@H](NCc2cn(C)nc2-c2cccnc2)C12CCCC2. The largest absolute Gasteiger partial charge is 0.378 e. The van der Waals surface area contributed by atoms with Gasteiger partial charge in [-0.25, -0.2) is 0 Å². The predicted octanol–water partition coefficient (Wildman–Crippen LogP) is 3.31. The Labute approximate surface area is 149 Å². The second-order valence-electron chi connectivity index (χ2n) is 7.47. The molecule has 0 saturated heterocycles. The zero-order valence-electron chi connectivity index (χ0n) is 15.2. The van der Waals surface area contributed by atoms with Gasteiger partial charge in [0.1, 0.15) is 0 Å². The van der Waals surface area contributed by atoms with Gasteiger partial charge in [-0.15, -0.1) is 0 Å². The summed E-state index contributed by atoms with van der Waals surface area (Å²) in [5.41, 5.74) is 3.72. The van der Waals surface area contributed by atoms with E-state index in [1.165, 1.54) is 31.2 Å². The highest BCUT2D eigenvalue weighted by atomic mass is 16.5. The van der Waals surface area contributed by atoms with Crippen LogP contribution < -0.4 is 5.32 Å². The standard InChI is InChI=1S/C20H28N4O/c1-3-25-18-11-17(20(18)8-4-5-9-20)22-13-16-14-24(2)23-19(16)15-7-6-10-21-12-15/h6-7,10,12,14,17-18,22H,3-5,8-9,11,13H2,1-2H3/t17-,18-/m0/s1. The Morgan fingerprint density at radius 3 is 2.92 bits per heavy atom. The maximum Gasteiger partial charge on any atom is 0.0983 e. The molecule has 1 N–H and O–H groups in total. The molecule has 2 aliphatic carbocycles. The van der Waals surface area contributed by atoms with Gasteiger partial charge in [-0.2, -0.15) is 5.10 Å². The number of ether oxygens (including phenoxy) is 1. The molecule has 0 amide bonds. The lowest BCUT2D eigenvalue weighted by Crippen LogP contribution is -2.62. The van der Waals surface area contributed by atoms with Crippen molar-refractivity contribution in [3.05, 3.63) is 36.3 Å². The highest BCUT2D eigenvalue weighted by Crippen LogP contribution is 2.54. The van der Waals surface area contributed by atoms with E-state index >= 15 is 0 Å². The monoisotopic (exact) mass is 340 g/mol. The van der Waals surface area contributed by atoms with E-state index in [4.69, 9.17) is 4.74 Å². The fraction of sp³-hybridized carbons (Fsp3) is 0.600. The fourth-order valence-electron chi connectivity index (χ4n) is 4.82. The molecule has 5 heteroatoms. The quantitative estimate of drug-likeness (QED) is 0.876. The Kier molecular flexibility index (Phi) is 4.61. The van der Waals surface area contributed by atoms with Gasteiger partial charge in [-0.1, -0.05) is 12.8 Å². The van der Waals surface area contributed by atoms with Crippen LogP contribution in [0.15, 0.2) is 30.7 Å². The normalized spacial score (nSPS) is 24.6. The maximum absolute atomic E-state index is 6.03. The molecule has 2 fully saturated rings. The summed E-state index contributed by atoms with van der Waals surface area (Å²) < 4.78 is 7.93. The molecule has 134 valence electrons. The molecule has 0 aromatic carbocycles. The smallest absolute Gasteiger partial charge is 0.0983 e. The van der Waals surface area contributed by atoms with Crippen molar-refractivity contribution in [3.8, 4) is 11.3 Å². The number of rotatable bonds is 6. The third kappa shape index (κ3) is 3.00. The van der Waals surface area contributed by atoms with Gasteiger partial charge >= 0.3 is 0 Å². The molecular formula is C20H28N4O. The van der Waals surface area contributed by atoms with Crippen LogP contribution in [0.25, 0.3) is 11.3 Å². The predicted molar refractivity (Wildman–Crippen MR) is 98.0 cm³/mol. The fourth-order valence-corrected chi connectivity index (χ4v) is 4.82. The molecular weight excluding hydrogens is 312 g/mol. The van der Waals surface area contributed by atoms with E-state index in [-0.39, 0.29) is 0 Å². The summed E-state index contributed by atoms with van der Waals surface area (Å²) in [7, 11) is 1.98. The van der Waals surface area contributed by atoms with Gasteiger partial charge in [-0.05, 0) is 38.3 Å². The summed E-state index contributed by atoms with van der Waals surface area (Å²) in [4.78, 5) is 4.24. The van der Waals surface area contributed by atoms with Gasteiger partial charge in [0.2, 0.25) is 0 Å². The second kappa shape index (κ2) is 6.89. The first-order valence-corrected chi connectivity index (χ1v) is 9.51. The van der Waals surface area contributed by atoms with Crippen LogP contribution in [0.1, 0.15) is 44.6 Å². The molecule has 2 heterocycles. The van der Waals surface area contributed by atoms with Gasteiger partial charge in [0.15, 0.2) is 0 Å². The number of hydrogen-bond acceptors (Lipinski definition) is 4. The molecule has 2 saturated carbocycles. The van der Waals surface area contributed by atoms with Gasteiger partial charge in [-0.3, -0.25) is 9.67 Å². The van der Waals surface area contributed by atoms with Gasteiger partial charge < -0.3 is 10.1 Å². The highest BCUT2D eigenvalue weighted by Gasteiger charge is 2.56. The average Bonchev–Trinajstić information content (AvgIpc) is 3.27. The number of aromatic nitrogens is 3. The van der Waals surface area contributed by atoms with Crippen LogP contribution in [0.3, 0.4) is 0 Å². The van der Waals surface area contributed by atoms with Crippen LogP contribution in [0.4, 0.5) is 0 Å². The molecule has 0 bridgehead atoms. The number of nitrogens with zero attached hydrogens (tertiary/aromatic N) is 3. The molecule has 0 radical (unpaired) electrons. The summed E-state index contributed by atoms with van der Waals surface area (Å²) in [5, 5.41) is 8.47. The van der Waals surface area contributed by atoms with Crippen molar-refractivity contribution < 1.29 is 4.74 Å². The summed E-state index contributed by atoms with van der Waals surface area (Å²) in [6.45, 7) is 3.79. The molecule has 2 aromatic heterocycles. The van der Waals surface area contributed by atoms with Crippen LogP contribution in [0.2, 0.25) is 0 Å². The number of nitrogens with one attached hydrogen (secondary N) is 1. The lowest BCUT2D eigenvalue weighted by molar-refractivity contribution is -0.130. The Bertz CT molecular complexity index is 706. The van der Waals surface area contributed by atoms with Crippen molar-refractivity contribution in [3.63, 3.8) is 0 Å². The Balaban J connectivity index is 1.47. The molecule has 0 unspecified atom stereocenters. The van der Waals surface area contributed by atoms with Crippen LogP contribution in [-0.4, -0.2) is 33.5 Å². The molecule has 25 heavy (non-hydrogen) atoms. The van der Waals surface area contributed by atoms with Crippen LogP contribution in [-0.2, 0) is 18.3 Å². The topological polar surface area (TPSA) is 52.0 Å². The van der Waals surface area contributed by atoms with Crippen molar-refractivity contribution in [2.24, 2.45) is 12.5 Å². The Morgan fingerprint density at radius 1 is 1.36 bits per heavy atom. The maximum atomic E-state index is 6.03. The zero-order valence-corrected chi connectivity index (χ0v) is 15.2. The first kappa shape index (κ1) is 16.7. The number of aryl methyl sites for hydroxylation is 1. The highest BCUT2D eigenvalue weighted by molar-refractivity contribution is 5.61. The lowest BCUT2D eigenvalue weighted by atomic mass is 9.60. The van der Waals surface area contributed by atoms with Crippen LogP contribution in [0.5, 0.6) is 0 Å². The van der Waals surface area contributed by atoms with Gasteiger partial charge in [0.05, 0.1) is 11.8 Å². The summed E-state index contributed by atoms with van der Waals surface area (Å²) in [6.07, 6.45) is 12.7. The number of hydrogen-bond donors (Lipinski definition) is 1. The minimum Gasteiger partial charge on any atom is -0.378 e.